The summed E-state index contributed by atoms with van der Waals surface area (Å²) in [5, 5.41) is 5.68. The Morgan fingerprint density at radius 3 is 2.84 bits per heavy atom. The fourth-order valence-corrected chi connectivity index (χ4v) is 2.32. The van der Waals surface area contributed by atoms with Crippen LogP contribution in [0.2, 0.25) is 0 Å². The van der Waals surface area contributed by atoms with Gasteiger partial charge in [0.2, 0.25) is 11.8 Å². The van der Waals surface area contributed by atoms with Gasteiger partial charge in [0.1, 0.15) is 0 Å². The Labute approximate surface area is 113 Å². The van der Waals surface area contributed by atoms with Crippen molar-refractivity contribution in [3.8, 4) is 0 Å². The summed E-state index contributed by atoms with van der Waals surface area (Å²) in [6.07, 6.45) is 2.91. The molecule has 0 aliphatic carbocycles. The van der Waals surface area contributed by atoms with Crippen LogP contribution >= 0.6 is 0 Å². The van der Waals surface area contributed by atoms with Gasteiger partial charge in [-0.1, -0.05) is 30.3 Å². The van der Waals surface area contributed by atoms with Crippen molar-refractivity contribution in [3.05, 3.63) is 35.9 Å². The van der Waals surface area contributed by atoms with Gasteiger partial charge in [0, 0.05) is 25.4 Å². The fourth-order valence-electron chi connectivity index (χ4n) is 2.32. The van der Waals surface area contributed by atoms with Gasteiger partial charge < -0.3 is 10.6 Å². The van der Waals surface area contributed by atoms with Crippen LogP contribution in [-0.2, 0) is 16.0 Å². The topological polar surface area (TPSA) is 58.2 Å². The van der Waals surface area contributed by atoms with Crippen LogP contribution in [0, 0.1) is 5.92 Å². The molecule has 4 nitrogen and oxygen atoms in total. The Hall–Kier alpha value is -1.84. The third-order valence-electron chi connectivity index (χ3n) is 3.41. The molecule has 1 fully saturated rings. The van der Waals surface area contributed by atoms with E-state index >= 15 is 0 Å². The van der Waals surface area contributed by atoms with Crippen molar-refractivity contribution in [2.75, 3.05) is 13.1 Å². The molecule has 1 aliphatic heterocycles. The standard InChI is InChI=1S/C15H20N2O2/c18-14(11-13-7-4-9-17-15(13)19)16-10-8-12-5-2-1-3-6-12/h1-3,5-6,13H,4,7-11H2,(H,16,18)(H,17,19). The third kappa shape index (κ3) is 4.39. The van der Waals surface area contributed by atoms with Crippen LogP contribution in [0.1, 0.15) is 24.8 Å². The average Bonchev–Trinajstić information content (AvgIpc) is 2.43. The molecule has 1 atom stereocenters. The lowest BCUT2D eigenvalue weighted by Crippen LogP contribution is -2.39. The van der Waals surface area contributed by atoms with Crippen LogP contribution in [0.25, 0.3) is 0 Å². The molecule has 2 amide bonds. The Morgan fingerprint density at radius 1 is 1.32 bits per heavy atom. The first kappa shape index (κ1) is 13.6. The Balaban J connectivity index is 1.68. The molecule has 0 saturated carbocycles. The predicted molar refractivity (Wildman–Crippen MR) is 73.5 cm³/mol. The minimum absolute atomic E-state index is 0.0180. The number of benzene rings is 1. The summed E-state index contributed by atoms with van der Waals surface area (Å²) in [6, 6.07) is 10.0. The summed E-state index contributed by atoms with van der Waals surface area (Å²) in [7, 11) is 0. The number of piperidine rings is 1. The minimum atomic E-state index is -0.148. The third-order valence-corrected chi connectivity index (χ3v) is 3.41. The summed E-state index contributed by atoms with van der Waals surface area (Å²) in [5.41, 5.74) is 1.21. The fraction of sp³-hybridized carbons (Fsp3) is 0.467. The van der Waals surface area contributed by atoms with E-state index in [1.54, 1.807) is 0 Å². The highest BCUT2D eigenvalue weighted by molar-refractivity contribution is 5.86. The molecule has 1 aliphatic rings. The van der Waals surface area contributed by atoms with E-state index in [4.69, 9.17) is 0 Å². The molecule has 0 bridgehead atoms. The maximum atomic E-state index is 11.8. The lowest BCUT2D eigenvalue weighted by atomic mass is 9.95. The Bertz CT molecular complexity index is 431. The van der Waals surface area contributed by atoms with Gasteiger partial charge in [-0.05, 0) is 24.8 Å². The van der Waals surface area contributed by atoms with Crippen molar-refractivity contribution >= 4 is 11.8 Å². The lowest BCUT2D eigenvalue weighted by Gasteiger charge is -2.21. The second kappa shape index (κ2) is 6.92. The van der Waals surface area contributed by atoms with Crippen LogP contribution in [-0.4, -0.2) is 24.9 Å². The molecule has 2 N–H and O–H groups in total. The number of carbonyl (C=O) groups excluding carboxylic acids is 2. The van der Waals surface area contributed by atoms with Crippen molar-refractivity contribution in [1.82, 2.24) is 10.6 Å². The summed E-state index contributed by atoms with van der Waals surface area (Å²) in [4.78, 5) is 23.3. The molecule has 0 radical (unpaired) electrons. The smallest absolute Gasteiger partial charge is 0.223 e. The zero-order chi connectivity index (χ0) is 13.5. The zero-order valence-electron chi connectivity index (χ0n) is 11.0. The van der Waals surface area contributed by atoms with Crippen molar-refractivity contribution < 1.29 is 9.59 Å². The van der Waals surface area contributed by atoms with Crippen LogP contribution in [0.4, 0.5) is 0 Å². The molecule has 0 spiro atoms. The largest absolute Gasteiger partial charge is 0.356 e. The van der Waals surface area contributed by atoms with E-state index in [1.165, 1.54) is 5.56 Å². The van der Waals surface area contributed by atoms with Crippen LogP contribution in [0.5, 0.6) is 0 Å². The van der Waals surface area contributed by atoms with E-state index in [1.807, 2.05) is 30.3 Å². The van der Waals surface area contributed by atoms with E-state index in [2.05, 4.69) is 10.6 Å². The Morgan fingerprint density at radius 2 is 2.11 bits per heavy atom. The second-order valence-corrected chi connectivity index (χ2v) is 4.92. The van der Waals surface area contributed by atoms with Crippen LogP contribution in [0.3, 0.4) is 0 Å². The van der Waals surface area contributed by atoms with Crippen LogP contribution in [0.15, 0.2) is 30.3 Å². The number of rotatable bonds is 5. The van der Waals surface area contributed by atoms with Gasteiger partial charge in [0.15, 0.2) is 0 Å². The Kier molecular flexibility index (Phi) is 4.95. The molecular formula is C15H20N2O2. The normalized spacial score (nSPS) is 18.7. The first-order valence-corrected chi connectivity index (χ1v) is 6.84. The van der Waals surface area contributed by atoms with Crippen molar-refractivity contribution in [2.45, 2.75) is 25.7 Å². The first-order valence-electron chi connectivity index (χ1n) is 6.84. The molecular weight excluding hydrogens is 240 g/mol. The van der Waals surface area contributed by atoms with E-state index < -0.39 is 0 Å². The van der Waals surface area contributed by atoms with Gasteiger partial charge in [0.05, 0.1) is 0 Å². The quantitative estimate of drug-likeness (QED) is 0.837. The highest BCUT2D eigenvalue weighted by Crippen LogP contribution is 2.14. The summed E-state index contributed by atoms with van der Waals surface area (Å²) in [6.45, 7) is 1.36. The van der Waals surface area contributed by atoms with E-state index in [0.717, 1.165) is 25.8 Å². The number of amides is 2. The van der Waals surface area contributed by atoms with Gasteiger partial charge >= 0.3 is 0 Å². The molecule has 1 aromatic carbocycles. The van der Waals surface area contributed by atoms with Gasteiger partial charge in [-0.15, -0.1) is 0 Å². The molecule has 1 unspecified atom stereocenters. The van der Waals surface area contributed by atoms with Gasteiger partial charge in [-0.2, -0.15) is 0 Å². The molecule has 102 valence electrons. The maximum Gasteiger partial charge on any atom is 0.223 e. The molecule has 0 aromatic heterocycles. The van der Waals surface area contributed by atoms with Crippen molar-refractivity contribution in [3.63, 3.8) is 0 Å². The maximum absolute atomic E-state index is 11.8. The SMILES string of the molecule is O=C(CC1CCCNC1=O)NCCc1ccccc1. The average molecular weight is 260 g/mol. The van der Waals surface area contributed by atoms with Crippen LogP contribution < -0.4 is 10.6 Å². The zero-order valence-corrected chi connectivity index (χ0v) is 11.0. The summed E-state index contributed by atoms with van der Waals surface area (Å²) < 4.78 is 0. The monoisotopic (exact) mass is 260 g/mol. The first-order chi connectivity index (χ1) is 9.25. The molecule has 2 rings (SSSR count). The molecule has 19 heavy (non-hydrogen) atoms. The summed E-state index contributed by atoms with van der Waals surface area (Å²) >= 11 is 0. The van der Waals surface area contributed by atoms with Crippen molar-refractivity contribution in [1.29, 1.82) is 0 Å². The van der Waals surface area contributed by atoms with E-state index in [-0.39, 0.29) is 17.7 Å². The lowest BCUT2D eigenvalue weighted by molar-refractivity contribution is -0.131. The number of hydrogen-bond acceptors (Lipinski definition) is 2. The van der Waals surface area contributed by atoms with Gasteiger partial charge in [-0.25, -0.2) is 0 Å². The molecule has 1 heterocycles. The molecule has 1 saturated heterocycles. The summed E-state index contributed by atoms with van der Waals surface area (Å²) in [5.74, 6) is -0.159. The molecule has 1 aromatic rings. The van der Waals surface area contributed by atoms with Gasteiger partial charge in [-0.3, -0.25) is 9.59 Å². The second-order valence-electron chi connectivity index (χ2n) is 4.92. The number of hydrogen-bond donors (Lipinski definition) is 2. The number of nitrogens with one attached hydrogen (secondary N) is 2. The highest BCUT2D eigenvalue weighted by Gasteiger charge is 2.24. The minimum Gasteiger partial charge on any atom is -0.356 e. The van der Waals surface area contributed by atoms with Crippen molar-refractivity contribution in [2.24, 2.45) is 5.92 Å². The highest BCUT2D eigenvalue weighted by atomic mass is 16.2. The molecule has 4 heteroatoms. The van der Waals surface area contributed by atoms with Gasteiger partial charge in [0.25, 0.3) is 0 Å². The van der Waals surface area contributed by atoms with E-state index in [9.17, 15) is 9.59 Å². The van der Waals surface area contributed by atoms with E-state index in [0.29, 0.717) is 13.0 Å². The number of carbonyl (C=O) groups is 2. The predicted octanol–water partition coefficient (Wildman–Crippen LogP) is 1.26.